The van der Waals surface area contributed by atoms with Crippen molar-refractivity contribution in [3.63, 3.8) is 0 Å². The van der Waals surface area contributed by atoms with E-state index in [1.54, 1.807) is 17.5 Å². The number of rotatable bonds is 2. The lowest BCUT2D eigenvalue weighted by atomic mass is 9.92. The standard InChI is InChI=1S/C21H17N3O2S/c1-13-17-11-15(12-22-20(17)26-23-13)21(25)24-9-7-18-16(8-10-27-18)19(24)14-5-3-2-4-6-14/h2-6,8,10-12,19H,7,9H2,1H3/t19-/m0/s1. The first kappa shape index (κ1) is 16.2. The van der Waals surface area contributed by atoms with Crippen LogP contribution < -0.4 is 0 Å². The molecule has 0 spiro atoms. The van der Waals surface area contributed by atoms with Gasteiger partial charge in [0, 0.05) is 17.6 Å². The Morgan fingerprint density at radius 1 is 1.26 bits per heavy atom. The number of fused-ring (bicyclic) bond motifs is 2. The van der Waals surface area contributed by atoms with E-state index in [0.29, 0.717) is 17.8 Å². The number of carbonyl (C=O) groups excluding carboxylic acids is 1. The minimum Gasteiger partial charge on any atom is -0.336 e. The molecule has 6 heteroatoms. The number of thiophene rings is 1. The molecule has 1 aliphatic heterocycles. The SMILES string of the molecule is Cc1noc2ncc(C(=O)N3CCc4sccc4[C@@H]3c3ccccc3)cc12. The second-order valence-corrected chi connectivity index (χ2v) is 7.71. The van der Waals surface area contributed by atoms with Crippen molar-refractivity contribution in [2.45, 2.75) is 19.4 Å². The summed E-state index contributed by atoms with van der Waals surface area (Å²) in [5.41, 5.74) is 4.11. The summed E-state index contributed by atoms with van der Waals surface area (Å²) in [4.78, 5) is 21.0. The number of benzene rings is 1. The van der Waals surface area contributed by atoms with Gasteiger partial charge >= 0.3 is 0 Å². The number of amides is 1. The van der Waals surface area contributed by atoms with Gasteiger partial charge < -0.3 is 9.42 Å². The summed E-state index contributed by atoms with van der Waals surface area (Å²) in [7, 11) is 0. The van der Waals surface area contributed by atoms with Gasteiger partial charge in [0.2, 0.25) is 0 Å². The minimum atomic E-state index is -0.0760. The quantitative estimate of drug-likeness (QED) is 0.522. The van der Waals surface area contributed by atoms with Crippen molar-refractivity contribution in [1.82, 2.24) is 15.0 Å². The molecule has 4 heterocycles. The Kier molecular flexibility index (Phi) is 3.79. The Balaban J connectivity index is 1.59. The van der Waals surface area contributed by atoms with Crippen molar-refractivity contribution in [3.8, 4) is 0 Å². The lowest BCUT2D eigenvalue weighted by Gasteiger charge is -2.36. The lowest BCUT2D eigenvalue weighted by molar-refractivity contribution is 0.0696. The van der Waals surface area contributed by atoms with Gasteiger partial charge in [0.25, 0.3) is 11.6 Å². The highest BCUT2D eigenvalue weighted by Gasteiger charge is 2.33. The summed E-state index contributed by atoms with van der Waals surface area (Å²) in [5, 5.41) is 6.83. The van der Waals surface area contributed by atoms with E-state index < -0.39 is 0 Å². The van der Waals surface area contributed by atoms with E-state index in [9.17, 15) is 4.79 Å². The molecule has 4 aromatic rings. The molecule has 1 aliphatic rings. The first-order chi connectivity index (χ1) is 13.2. The third kappa shape index (κ3) is 2.64. The van der Waals surface area contributed by atoms with Crippen LogP contribution in [-0.4, -0.2) is 27.5 Å². The van der Waals surface area contributed by atoms with E-state index in [0.717, 1.165) is 23.1 Å². The molecule has 5 nitrogen and oxygen atoms in total. The fraction of sp³-hybridized carbons (Fsp3) is 0.190. The van der Waals surface area contributed by atoms with Crippen molar-refractivity contribution >= 4 is 28.3 Å². The second kappa shape index (κ2) is 6.32. The third-order valence-corrected chi connectivity index (χ3v) is 6.10. The molecule has 0 saturated carbocycles. The van der Waals surface area contributed by atoms with Crippen molar-refractivity contribution < 1.29 is 9.32 Å². The van der Waals surface area contributed by atoms with Gasteiger partial charge in [-0.3, -0.25) is 4.79 Å². The molecule has 1 atom stereocenters. The molecule has 1 aromatic carbocycles. The molecule has 0 radical (unpaired) electrons. The maximum atomic E-state index is 13.4. The molecule has 0 aliphatic carbocycles. The fourth-order valence-electron chi connectivity index (χ4n) is 3.76. The number of hydrogen-bond acceptors (Lipinski definition) is 5. The highest BCUT2D eigenvalue weighted by molar-refractivity contribution is 7.10. The van der Waals surface area contributed by atoms with Gasteiger partial charge in [0.15, 0.2) is 0 Å². The molecule has 3 aromatic heterocycles. The molecule has 5 rings (SSSR count). The fourth-order valence-corrected chi connectivity index (χ4v) is 4.66. The first-order valence-electron chi connectivity index (χ1n) is 8.86. The largest absolute Gasteiger partial charge is 0.336 e. The molecule has 0 saturated heterocycles. The van der Waals surface area contributed by atoms with E-state index in [1.807, 2.05) is 36.1 Å². The van der Waals surface area contributed by atoms with E-state index >= 15 is 0 Å². The summed E-state index contributed by atoms with van der Waals surface area (Å²) in [5.74, 6) is -0.0179. The number of aryl methyl sites for hydroxylation is 1. The van der Waals surface area contributed by atoms with Gasteiger partial charge in [0.05, 0.1) is 22.7 Å². The Bertz CT molecular complexity index is 1130. The van der Waals surface area contributed by atoms with E-state index in [-0.39, 0.29) is 11.9 Å². The van der Waals surface area contributed by atoms with Crippen molar-refractivity contribution in [2.75, 3.05) is 6.54 Å². The van der Waals surface area contributed by atoms with Crippen LogP contribution in [-0.2, 0) is 6.42 Å². The Morgan fingerprint density at radius 3 is 2.96 bits per heavy atom. The van der Waals surface area contributed by atoms with E-state index in [2.05, 4.69) is 33.7 Å². The van der Waals surface area contributed by atoms with Crippen molar-refractivity contribution in [3.05, 3.63) is 81.3 Å². The average molecular weight is 375 g/mol. The van der Waals surface area contributed by atoms with Crippen LogP contribution in [0.1, 0.15) is 38.1 Å². The molecule has 27 heavy (non-hydrogen) atoms. The normalized spacial score (nSPS) is 16.5. The van der Waals surface area contributed by atoms with Crippen LogP contribution in [0.15, 0.2) is 58.6 Å². The van der Waals surface area contributed by atoms with Crippen molar-refractivity contribution in [2.24, 2.45) is 0 Å². The second-order valence-electron chi connectivity index (χ2n) is 6.71. The number of nitrogens with zero attached hydrogens (tertiary/aromatic N) is 3. The topological polar surface area (TPSA) is 59.2 Å². The van der Waals surface area contributed by atoms with Gasteiger partial charge in [-0.2, -0.15) is 0 Å². The number of hydrogen-bond donors (Lipinski definition) is 0. The molecule has 1 amide bonds. The Hall–Kier alpha value is -2.99. The zero-order valence-corrected chi connectivity index (χ0v) is 15.6. The molecule has 0 unspecified atom stereocenters. The summed E-state index contributed by atoms with van der Waals surface area (Å²) < 4.78 is 5.17. The molecule has 0 fully saturated rings. The van der Waals surface area contributed by atoms with E-state index in [1.165, 1.54) is 10.4 Å². The third-order valence-electron chi connectivity index (χ3n) is 5.10. The van der Waals surface area contributed by atoms with E-state index in [4.69, 9.17) is 4.52 Å². The number of aromatic nitrogens is 2. The summed E-state index contributed by atoms with van der Waals surface area (Å²) >= 11 is 1.77. The van der Waals surface area contributed by atoms with Crippen LogP contribution in [0.3, 0.4) is 0 Å². The molecular formula is C21H17N3O2S. The maximum absolute atomic E-state index is 13.4. The van der Waals surface area contributed by atoms with Crippen molar-refractivity contribution in [1.29, 1.82) is 0 Å². The van der Waals surface area contributed by atoms with Gasteiger partial charge in [-0.25, -0.2) is 4.98 Å². The zero-order chi connectivity index (χ0) is 18.4. The minimum absolute atomic E-state index is 0.0179. The number of carbonyl (C=O) groups is 1. The summed E-state index contributed by atoms with van der Waals surface area (Å²) in [6, 6.07) is 14.1. The smallest absolute Gasteiger partial charge is 0.257 e. The molecule has 0 bridgehead atoms. The van der Waals surface area contributed by atoms with Gasteiger partial charge in [0.1, 0.15) is 0 Å². The van der Waals surface area contributed by atoms with Crippen LogP contribution in [0.25, 0.3) is 11.1 Å². The van der Waals surface area contributed by atoms with Crippen LogP contribution >= 0.6 is 11.3 Å². The van der Waals surface area contributed by atoms with Crippen LogP contribution in [0, 0.1) is 6.92 Å². The monoisotopic (exact) mass is 375 g/mol. The summed E-state index contributed by atoms with van der Waals surface area (Å²) in [6.45, 7) is 2.54. The Labute approximate surface area is 160 Å². The van der Waals surface area contributed by atoms with Gasteiger partial charge in [-0.1, -0.05) is 35.5 Å². The average Bonchev–Trinajstić information content (AvgIpc) is 3.34. The van der Waals surface area contributed by atoms with Crippen LogP contribution in [0.5, 0.6) is 0 Å². The molecule has 0 N–H and O–H groups in total. The van der Waals surface area contributed by atoms with Crippen LogP contribution in [0.2, 0.25) is 0 Å². The zero-order valence-electron chi connectivity index (χ0n) is 14.8. The Morgan fingerprint density at radius 2 is 2.11 bits per heavy atom. The maximum Gasteiger partial charge on any atom is 0.257 e. The van der Waals surface area contributed by atoms with Crippen LogP contribution in [0.4, 0.5) is 0 Å². The molecule has 134 valence electrons. The summed E-state index contributed by atoms with van der Waals surface area (Å²) in [6.07, 6.45) is 2.46. The first-order valence-corrected chi connectivity index (χ1v) is 9.74. The highest BCUT2D eigenvalue weighted by Crippen LogP contribution is 2.38. The lowest BCUT2D eigenvalue weighted by Crippen LogP contribution is -2.40. The highest BCUT2D eigenvalue weighted by atomic mass is 32.1. The predicted molar refractivity (Wildman–Crippen MR) is 104 cm³/mol. The van der Waals surface area contributed by atoms with Gasteiger partial charge in [-0.05, 0) is 42.0 Å². The number of pyridine rings is 1. The predicted octanol–water partition coefficient (Wildman–Crippen LogP) is 4.38. The van der Waals surface area contributed by atoms with Gasteiger partial charge in [-0.15, -0.1) is 11.3 Å². The molecular weight excluding hydrogens is 358 g/mol.